The van der Waals surface area contributed by atoms with Gasteiger partial charge in [0.05, 0.1) is 22.8 Å². The summed E-state index contributed by atoms with van der Waals surface area (Å²) in [4.78, 5) is 24.6. The van der Waals surface area contributed by atoms with Crippen molar-refractivity contribution >= 4 is 32.8 Å². The molecule has 2 fully saturated rings. The number of fused-ring (bicyclic) bond motifs is 1. The van der Waals surface area contributed by atoms with Crippen LogP contribution in [0.25, 0.3) is 10.9 Å². The number of sulfonamides is 1. The number of pyridine rings is 1. The van der Waals surface area contributed by atoms with Crippen molar-refractivity contribution in [2.75, 3.05) is 31.1 Å². The molecule has 1 N–H and O–H groups in total. The predicted molar refractivity (Wildman–Crippen MR) is 119 cm³/mol. The molecule has 0 atom stereocenters. The molecule has 1 aliphatic carbocycles. The number of nitrogens with zero attached hydrogens (tertiary/aromatic N) is 3. The summed E-state index contributed by atoms with van der Waals surface area (Å²) >= 11 is 0. The molecule has 1 saturated carbocycles. The molecule has 1 aromatic heterocycles. The summed E-state index contributed by atoms with van der Waals surface area (Å²) < 4.78 is 164. The number of benzene rings is 1. The van der Waals surface area contributed by atoms with E-state index >= 15 is 4.39 Å². The fraction of sp³-hybridized carbons (Fsp3) is 0.524. The summed E-state index contributed by atoms with van der Waals surface area (Å²) in [5.41, 5.74) is -1.22. The maximum absolute atomic E-state index is 15.1. The Morgan fingerprint density at radius 2 is 1.49 bits per heavy atom. The molecule has 2 aromatic rings. The van der Waals surface area contributed by atoms with Crippen LogP contribution in [0.15, 0.2) is 23.1 Å². The van der Waals surface area contributed by atoms with Gasteiger partial charge >= 0.3 is 29.4 Å². The summed E-state index contributed by atoms with van der Waals surface area (Å²) in [6.07, 6.45) is -6.73. The molecule has 41 heavy (non-hydrogen) atoms. The fourth-order valence-corrected chi connectivity index (χ4v) is 5.67. The summed E-state index contributed by atoms with van der Waals surface area (Å²) in [6, 6.07) is 1.61. The first-order chi connectivity index (χ1) is 18.6. The van der Waals surface area contributed by atoms with Gasteiger partial charge in [0.2, 0.25) is 5.43 Å². The van der Waals surface area contributed by atoms with Gasteiger partial charge in [-0.2, -0.15) is 43.8 Å². The van der Waals surface area contributed by atoms with E-state index in [0.29, 0.717) is 12.8 Å². The molecule has 20 heteroatoms. The number of carbonyl (C=O) groups is 1. The highest BCUT2D eigenvalue weighted by atomic mass is 32.2. The molecule has 228 valence electrons. The van der Waals surface area contributed by atoms with Gasteiger partial charge < -0.3 is 19.3 Å². The summed E-state index contributed by atoms with van der Waals surface area (Å²) in [5.74, 6) is -16.5. The van der Waals surface area contributed by atoms with Crippen molar-refractivity contribution in [3.8, 4) is 5.75 Å². The van der Waals surface area contributed by atoms with Gasteiger partial charge in [0.15, 0.2) is 5.75 Å². The summed E-state index contributed by atoms with van der Waals surface area (Å²) in [5, 5.41) is 1.67. The second-order valence-electron chi connectivity index (χ2n) is 9.20. The molecule has 0 amide bonds. The second kappa shape index (κ2) is 9.63. The molecule has 2 aliphatic rings. The third-order valence-corrected chi connectivity index (χ3v) is 8.51. The maximum Gasteiger partial charge on any atom is 0.511 e. The van der Waals surface area contributed by atoms with Crippen LogP contribution >= 0.6 is 0 Å². The summed E-state index contributed by atoms with van der Waals surface area (Å²) in [6.45, 7) is -3.67. The normalized spacial score (nSPS) is 18.1. The van der Waals surface area contributed by atoms with Crippen LogP contribution < -0.4 is 15.1 Å². The van der Waals surface area contributed by atoms with E-state index in [2.05, 4.69) is 4.74 Å². The third kappa shape index (κ3) is 4.83. The van der Waals surface area contributed by atoms with E-state index in [1.165, 1.54) is 4.57 Å². The Labute approximate surface area is 222 Å². The zero-order valence-electron chi connectivity index (χ0n) is 20.1. The van der Waals surface area contributed by atoms with Gasteiger partial charge in [0.1, 0.15) is 5.82 Å². The Bertz CT molecular complexity index is 1550. The van der Waals surface area contributed by atoms with E-state index in [0.717, 1.165) is 23.2 Å². The molecular formula is C21H17F10N3O6S. The number of rotatable bonds is 7. The molecule has 2 heterocycles. The minimum atomic E-state index is -7.40. The average Bonchev–Trinajstić information content (AvgIpc) is 3.70. The van der Waals surface area contributed by atoms with E-state index in [9.17, 15) is 57.5 Å². The van der Waals surface area contributed by atoms with E-state index in [-0.39, 0.29) is 22.6 Å². The Hall–Kier alpha value is -3.29. The molecule has 0 spiro atoms. The number of carboxylic acid groups (broad SMARTS) is 1. The van der Waals surface area contributed by atoms with Gasteiger partial charge in [-0.1, -0.05) is 0 Å². The van der Waals surface area contributed by atoms with Crippen LogP contribution in [0, 0.1) is 5.82 Å². The first-order valence-electron chi connectivity index (χ1n) is 11.4. The first-order valence-corrected chi connectivity index (χ1v) is 12.8. The number of ether oxygens (including phenoxy) is 1. The van der Waals surface area contributed by atoms with Crippen molar-refractivity contribution in [2.45, 2.75) is 42.2 Å². The Kier molecular flexibility index (Phi) is 7.20. The molecule has 0 unspecified atom stereocenters. The van der Waals surface area contributed by atoms with Crippen LogP contribution in [0.4, 0.5) is 54.4 Å². The topological polar surface area (TPSA) is 109 Å². The standard InChI is InChI=1S/C21H17F10N3O6S/c22-12-7-11-13(34(10-1-2-10)9-15(16(11)35)40-17(36)37)8-14(12)32-3-5-33(6-4-32)41(38,39)21(30,31)19(25,26)18(23,24)20(27,28)29/h7-10H,1-6H2,(H,36,37). The SMILES string of the molecule is O=C(O)Oc1cn(C2CC2)c2cc(N3CCN(S(=O)(=O)C(F)(F)C(F)(F)C(F)(F)C(F)(F)F)CC3)c(F)cc2c1=O. The van der Waals surface area contributed by atoms with Crippen LogP contribution in [0.5, 0.6) is 5.75 Å². The Morgan fingerprint density at radius 3 is 1.98 bits per heavy atom. The first kappa shape index (κ1) is 30.7. The molecule has 9 nitrogen and oxygen atoms in total. The van der Waals surface area contributed by atoms with Crippen LogP contribution in [-0.4, -0.2) is 78.0 Å². The number of hydrogen-bond donors (Lipinski definition) is 1. The van der Waals surface area contributed by atoms with Crippen molar-refractivity contribution in [2.24, 2.45) is 0 Å². The zero-order chi connectivity index (χ0) is 30.9. The number of halogens is 10. The minimum Gasteiger partial charge on any atom is -0.449 e. The van der Waals surface area contributed by atoms with Crippen molar-refractivity contribution in [3.05, 3.63) is 34.4 Å². The van der Waals surface area contributed by atoms with E-state index in [4.69, 9.17) is 5.11 Å². The molecule has 0 radical (unpaired) electrons. The quantitative estimate of drug-likeness (QED) is 0.357. The number of alkyl halides is 9. The molecule has 0 bridgehead atoms. The maximum atomic E-state index is 15.1. The van der Waals surface area contributed by atoms with Gasteiger partial charge in [-0.3, -0.25) is 4.79 Å². The van der Waals surface area contributed by atoms with Crippen LogP contribution in [0.3, 0.4) is 0 Å². The molecule has 1 aliphatic heterocycles. The number of hydrogen-bond acceptors (Lipinski definition) is 6. The monoisotopic (exact) mass is 629 g/mol. The predicted octanol–water partition coefficient (Wildman–Crippen LogP) is 4.41. The fourth-order valence-electron chi connectivity index (χ4n) is 4.25. The van der Waals surface area contributed by atoms with Crippen molar-refractivity contribution in [1.82, 2.24) is 8.87 Å². The highest BCUT2D eigenvalue weighted by Gasteiger charge is 2.85. The average molecular weight is 629 g/mol. The van der Waals surface area contributed by atoms with Crippen LogP contribution in [-0.2, 0) is 10.0 Å². The molecule has 1 saturated heterocycles. The number of aromatic nitrogens is 1. The van der Waals surface area contributed by atoms with Gasteiger partial charge in [-0.15, -0.1) is 0 Å². The molecule has 1 aromatic carbocycles. The van der Waals surface area contributed by atoms with E-state index < -0.39 is 86.9 Å². The van der Waals surface area contributed by atoms with Crippen LogP contribution in [0.1, 0.15) is 18.9 Å². The third-order valence-electron chi connectivity index (χ3n) is 6.56. The van der Waals surface area contributed by atoms with E-state index in [1.807, 2.05) is 0 Å². The highest BCUT2D eigenvalue weighted by molar-refractivity contribution is 7.90. The Morgan fingerprint density at radius 1 is 0.927 bits per heavy atom. The smallest absolute Gasteiger partial charge is 0.449 e. The minimum absolute atomic E-state index is 0.0854. The number of piperazine rings is 1. The lowest BCUT2D eigenvalue weighted by Crippen LogP contribution is -2.66. The van der Waals surface area contributed by atoms with E-state index in [1.54, 1.807) is 0 Å². The lowest BCUT2D eigenvalue weighted by molar-refractivity contribution is -0.382. The molecular weight excluding hydrogens is 612 g/mol. The lowest BCUT2D eigenvalue weighted by atomic mass is 10.1. The Balaban J connectivity index is 1.63. The van der Waals surface area contributed by atoms with Crippen molar-refractivity contribution < 1.29 is 67.0 Å². The van der Waals surface area contributed by atoms with Gasteiger partial charge in [-0.05, 0) is 25.0 Å². The van der Waals surface area contributed by atoms with Gasteiger partial charge in [0, 0.05) is 32.2 Å². The van der Waals surface area contributed by atoms with Gasteiger partial charge in [-0.25, -0.2) is 17.6 Å². The molecule has 4 rings (SSSR count). The van der Waals surface area contributed by atoms with Crippen LogP contribution in [0.2, 0.25) is 0 Å². The summed E-state index contributed by atoms with van der Waals surface area (Å²) in [7, 11) is -6.80. The zero-order valence-corrected chi connectivity index (χ0v) is 20.9. The second-order valence-corrected chi connectivity index (χ2v) is 11.2. The van der Waals surface area contributed by atoms with Gasteiger partial charge in [0.25, 0.3) is 10.0 Å². The van der Waals surface area contributed by atoms with Crippen molar-refractivity contribution in [1.29, 1.82) is 0 Å². The van der Waals surface area contributed by atoms with Crippen molar-refractivity contribution in [3.63, 3.8) is 0 Å². The highest BCUT2D eigenvalue weighted by Crippen LogP contribution is 2.55. The largest absolute Gasteiger partial charge is 0.511 e. The lowest BCUT2D eigenvalue weighted by Gasteiger charge is -2.39. The number of anilines is 1.